The Morgan fingerprint density at radius 1 is 0.838 bits per heavy atom. The lowest BCUT2D eigenvalue weighted by Gasteiger charge is -2.24. The normalized spacial score (nSPS) is 10.4. The second-order valence-corrected chi connectivity index (χ2v) is 8.55. The van der Waals surface area contributed by atoms with Crippen LogP contribution in [0.4, 0.5) is 20.6 Å². The van der Waals surface area contributed by atoms with Gasteiger partial charge in [-0.1, -0.05) is 35.9 Å². The number of hydrogen-bond donors (Lipinski definition) is 2. The van der Waals surface area contributed by atoms with Crippen molar-refractivity contribution in [3.8, 4) is 11.5 Å². The fourth-order valence-corrected chi connectivity index (χ4v) is 3.69. The summed E-state index contributed by atoms with van der Waals surface area (Å²) in [6.07, 6.45) is 0.470. The molecule has 0 unspecified atom stereocenters. The molecule has 0 aromatic heterocycles. The Labute approximate surface area is 219 Å². The SMILES string of the molecule is O=C(NCCCN(C(=O)Nc1ccc(Cl)cc1)c1ccc(Oc2ccccc2)cc1)c1cccc(F)c1. The van der Waals surface area contributed by atoms with E-state index < -0.39 is 5.82 Å². The van der Waals surface area contributed by atoms with E-state index in [-0.39, 0.29) is 17.5 Å². The van der Waals surface area contributed by atoms with E-state index in [1.807, 2.05) is 30.3 Å². The first-order valence-electron chi connectivity index (χ1n) is 11.7. The van der Waals surface area contributed by atoms with Crippen LogP contribution < -0.4 is 20.3 Å². The number of para-hydroxylation sites is 1. The number of anilines is 2. The predicted octanol–water partition coefficient (Wildman–Crippen LogP) is 7.13. The van der Waals surface area contributed by atoms with Crippen LogP contribution in [0.1, 0.15) is 16.8 Å². The Morgan fingerprint density at radius 2 is 1.54 bits per heavy atom. The molecule has 4 aromatic carbocycles. The number of hydrogen-bond acceptors (Lipinski definition) is 3. The number of nitrogens with one attached hydrogen (secondary N) is 2. The summed E-state index contributed by atoms with van der Waals surface area (Å²) in [6.45, 7) is 0.622. The van der Waals surface area contributed by atoms with Gasteiger partial charge in [-0.05, 0) is 85.3 Å². The van der Waals surface area contributed by atoms with Crippen molar-refractivity contribution in [3.05, 3.63) is 120 Å². The fourth-order valence-electron chi connectivity index (χ4n) is 3.56. The molecule has 0 heterocycles. The van der Waals surface area contributed by atoms with E-state index in [1.54, 1.807) is 59.5 Å². The summed E-state index contributed by atoms with van der Waals surface area (Å²) < 4.78 is 19.3. The molecule has 0 saturated carbocycles. The largest absolute Gasteiger partial charge is 0.457 e. The van der Waals surface area contributed by atoms with Gasteiger partial charge in [-0.25, -0.2) is 9.18 Å². The molecule has 0 aliphatic rings. The third-order valence-corrected chi connectivity index (χ3v) is 5.65. The first-order chi connectivity index (χ1) is 18.0. The maximum atomic E-state index is 13.4. The predicted molar refractivity (Wildman–Crippen MR) is 144 cm³/mol. The number of carbonyl (C=O) groups excluding carboxylic acids is 2. The first-order valence-corrected chi connectivity index (χ1v) is 12.1. The van der Waals surface area contributed by atoms with Gasteiger partial charge in [0.2, 0.25) is 0 Å². The van der Waals surface area contributed by atoms with Crippen molar-refractivity contribution in [1.82, 2.24) is 5.32 Å². The average molecular weight is 518 g/mol. The number of carbonyl (C=O) groups is 2. The Kier molecular flexibility index (Phi) is 8.73. The summed E-state index contributed by atoms with van der Waals surface area (Å²) >= 11 is 5.95. The molecule has 6 nitrogen and oxygen atoms in total. The van der Waals surface area contributed by atoms with Crippen LogP contribution in [0, 0.1) is 5.82 Å². The smallest absolute Gasteiger partial charge is 0.326 e. The number of urea groups is 1. The number of ether oxygens (including phenoxy) is 1. The maximum Gasteiger partial charge on any atom is 0.326 e. The fraction of sp³-hybridized carbons (Fsp3) is 0.103. The van der Waals surface area contributed by atoms with Crippen molar-refractivity contribution in [3.63, 3.8) is 0 Å². The average Bonchev–Trinajstić information content (AvgIpc) is 2.91. The molecular weight excluding hydrogens is 493 g/mol. The Hall–Kier alpha value is -4.36. The zero-order valence-electron chi connectivity index (χ0n) is 19.9. The lowest BCUT2D eigenvalue weighted by molar-refractivity contribution is 0.0953. The van der Waals surface area contributed by atoms with Crippen molar-refractivity contribution in [2.45, 2.75) is 6.42 Å². The van der Waals surface area contributed by atoms with E-state index in [1.165, 1.54) is 18.2 Å². The minimum atomic E-state index is -0.475. The van der Waals surface area contributed by atoms with E-state index in [2.05, 4.69) is 10.6 Å². The topological polar surface area (TPSA) is 70.7 Å². The molecule has 0 radical (unpaired) electrons. The van der Waals surface area contributed by atoms with E-state index in [0.717, 1.165) is 0 Å². The van der Waals surface area contributed by atoms with Crippen molar-refractivity contribution < 1.29 is 18.7 Å². The third-order valence-electron chi connectivity index (χ3n) is 5.40. The van der Waals surface area contributed by atoms with Crippen molar-refractivity contribution in [1.29, 1.82) is 0 Å². The zero-order chi connectivity index (χ0) is 26.0. The lowest BCUT2D eigenvalue weighted by atomic mass is 10.2. The molecule has 188 valence electrons. The van der Waals surface area contributed by atoms with Crippen molar-refractivity contribution >= 4 is 34.9 Å². The number of halogens is 2. The Bertz CT molecular complexity index is 1330. The van der Waals surface area contributed by atoms with Crippen LogP contribution in [0.2, 0.25) is 5.02 Å². The van der Waals surface area contributed by atoms with Gasteiger partial charge in [-0.2, -0.15) is 0 Å². The molecule has 4 rings (SSSR count). The Balaban J connectivity index is 1.42. The second kappa shape index (κ2) is 12.6. The van der Waals surface area contributed by atoms with Crippen LogP contribution in [-0.4, -0.2) is 25.0 Å². The van der Waals surface area contributed by atoms with Gasteiger partial charge < -0.3 is 15.4 Å². The number of rotatable bonds is 9. The highest BCUT2D eigenvalue weighted by atomic mass is 35.5. The van der Waals surface area contributed by atoms with Gasteiger partial charge in [0.25, 0.3) is 5.91 Å². The summed E-state index contributed by atoms with van der Waals surface area (Å²) in [6, 6.07) is 28.6. The lowest BCUT2D eigenvalue weighted by Crippen LogP contribution is -2.37. The van der Waals surface area contributed by atoms with Crippen molar-refractivity contribution in [2.75, 3.05) is 23.3 Å². The number of nitrogens with zero attached hydrogens (tertiary/aromatic N) is 1. The molecule has 0 saturated heterocycles. The van der Waals surface area contributed by atoms with Crippen LogP contribution >= 0.6 is 11.6 Å². The van der Waals surface area contributed by atoms with Crippen LogP contribution in [0.5, 0.6) is 11.5 Å². The van der Waals surface area contributed by atoms with Gasteiger partial charge >= 0.3 is 6.03 Å². The maximum absolute atomic E-state index is 13.4. The highest BCUT2D eigenvalue weighted by molar-refractivity contribution is 6.30. The summed E-state index contributed by atoms with van der Waals surface area (Å²) in [5.74, 6) is 0.494. The van der Waals surface area contributed by atoms with Crippen LogP contribution in [-0.2, 0) is 0 Å². The van der Waals surface area contributed by atoms with Crippen LogP contribution in [0.15, 0.2) is 103 Å². The van der Waals surface area contributed by atoms with Gasteiger partial charge in [0.15, 0.2) is 0 Å². The minimum Gasteiger partial charge on any atom is -0.457 e. The number of benzene rings is 4. The second-order valence-electron chi connectivity index (χ2n) is 8.12. The molecular formula is C29H25ClFN3O3. The molecule has 37 heavy (non-hydrogen) atoms. The summed E-state index contributed by atoms with van der Waals surface area (Å²) in [4.78, 5) is 27.1. The molecule has 4 aromatic rings. The van der Waals surface area contributed by atoms with E-state index in [0.29, 0.717) is 47.4 Å². The summed E-state index contributed by atoms with van der Waals surface area (Å²) in [5.41, 5.74) is 1.50. The van der Waals surface area contributed by atoms with Gasteiger partial charge in [0, 0.05) is 35.1 Å². The highest BCUT2D eigenvalue weighted by Gasteiger charge is 2.17. The highest BCUT2D eigenvalue weighted by Crippen LogP contribution is 2.25. The molecule has 0 bridgehead atoms. The zero-order valence-corrected chi connectivity index (χ0v) is 20.6. The quantitative estimate of drug-likeness (QED) is 0.232. The first kappa shape index (κ1) is 25.7. The molecule has 0 aliphatic heterocycles. The molecule has 0 atom stereocenters. The van der Waals surface area contributed by atoms with E-state index in [4.69, 9.17) is 16.3 Å². The molecule has 2 N–H and O–H groups in total. The van der Waals surface area contributed by atoms with E-state index >= 15 is 0 Å². The van der Waals surface area contributed by atoms with Crippen LogP contribution in [0.25, 0.3) is 0 Å². The third kappa shape index (κ3) is 7.56. The van der Waals surface area contributed by atoms with E-state index in [9.17, 15) is 14.0 Å². The van der Waals surface area contributed by atoms with Crippen LogP contribution in [0.3, 0.4) is 0 Å². The van der Waals surface area contributed by atoms with Gasteiger partial charge in [-0.3, -0.25) is 9.69 Å². The van der Waals surface area contributed by atoms with Gasteiger partial charge in [0.1, 0.15) is 17.3 Å². The molecule has 8 heteroatoms. The van der Waals surface area contributed by atoms with Crippen molar-refractivity contribution in [2.24, 2.45) is 0 Å². The van der Waals surface area contributed by atoms with Gasteiger partial charge in [0.05, 0.1) is 0 Å². The van der Waals surface area contributed by atoms with Gasteiger partial charge in [-0.15, -0.1) is 0 Å². The summed E-state index contributed by atoms with van der Waals surface area (Å²) in [7, 11) is 0. The Morgan fingerprint density at radius 3 is 2.24 bits per heavy atom. The minimum absolute atomic E-state index is 0.242. The monoisotopic (exact) mass is 517 g/mol. The molecule has 0 aliphatic carbocycles. The molecule has 0 spiro atoms. The molecule has 3 amide bonds. The standard InChI is InChI=1S/C29H25ClFN3O3/c30-22-10-12-24(13-11-22)33-29(36)34(19-5-18-32-28(35)21-6-4-7-23(31)20-21)25-14-16-27(17-15-25)37-26-8-2-1-3-9-26/h1-4,6-17,20H,5,18-19H2,(H,32,35)(H,33,36). The molecule has 0 fully saturated rings. The summed E-state index contributed by atoms with van der Waals surface area (Å²) in [5, 5.41) is 6.21. The number of amides is 3.